The van der Waals surface area contributed by atoms with Crippen LogP contribution >= 0.6 is 0 Å². The molecule has 6 rings (SSSR count). The Kier molecular flexibility index (Phi) is 2.90. The number of benzene rings is 3. The number of fused-ring (bicyclic) bond motifs is 10. The molecule has 0 saturated heterocycles. The van der Waals surface area contributed by atoms with Crippen molar-refractivity contribution >= 4 is 49.0 Å². The lowest BCUT2D eigenvalue weighted by Crippen LogP contribution is -1.95. The van der Waals surface area contributed by atoms with Crippen molar-refractivity contribution in [2.24, 2.45) is 0 Å². The van der Waals surface area contributed by atoms with Crippen LogP contribution in [0.25, 0.3) is 49.0 Å². The molecule has 0 N–H and O–H groups in total. The number of aryl methyl sites for hydroxylation is 1. The van der Waals surface area contributed by atoms with Crippen LogP contribution in [0.15, 0.2) is 79.0 Å². The highest BCUT2D eigenvalue weighted by Crippen LogP contribution is 2.38. The summed E-state index contributed by atoms with van der Waals surface area (Å²) in [6, 6.07) is 26.3. The molecule has 2 nitrogen and oxygen atoms in total. The number of rotatable bonds is 1. The van der Waals surface area contributed by atoms with E-state index in [1.54, 1.807) is 0 Å². The Morgan fingerprint density at radius 3 is 2.41 bits per heavy atom. The van der Waals surface area contributed by atoms with Gasteiger partial charge in [-0.2, -0.15) is 0 Å². The number of hydrogen-bond donors (Lipinski definition) is 0. The molecule has 3 heterocycles. The molecule has 128 valence electrons. The van der Waals surface area contributed by atoms with Crippen molar-refractivity contribution in [3.8, 4) is 0 Å². The highest BCUT2D eigenvalue weighted by Gasteiger charge is 2.16. The molecule has 0 aliphatic rings. The highest BCUT2D eigenvalue weighted by molar-refractivity contribution is 6.24. The molecule has 0 fully saturated rings. The highest BCUT2D eigenvalue weighted by atomic mass is 14.9. The summed E-state index contributed by atoms with van der Waals surface area (Å²) in [6.45, 7) is 2.23. The molecule has 0 atom stereocenters. The molecule has 0 amide bonds. The van der Waals surface area contributed by atoms with E-state index in [0.29, 0.717) is 0 Å². The molecule has 0 aliphatic carbocycles. The molecule has 0 bridgehead atoms. The van der Waals surface area contributed by atoms with Gasteiger partial charge in [0.15, 0.2) is 0 Å². The third-order valence-corrected chi connectivity index (χ3v) is 5.76. The minimum atomic E-state index is 1.01. The SMILES string of the molecule is CCc1cc2c3ncccc3n3c4ccccc4cc3c2c2ccccc12. The summed E-state index contributed by atoms with van der Waals surface area (Å²) < 4.78 is 2.37. The molecule has 0 saturated carbocycles. The minimum absolute atomic E-state index is 1.01. The molecule has 6 aromatic rings. The van der Waals surface area contributed by atoms with Gasteiger partial charge in [0, 0.05) is 22.4 Å². The lowest BCUT2D eigenvalue weighted by atomic mass is 9.95. The van der Waals surface area contributed by atoms with Gasteiger partial charge in [-0.25, -0.2) is 0 Å². The molecular weight excluding hydrogens is 328 g/mol. The van der Waals surface area contributed by atoms with Crippen LogP contribution in [0, 0.1) is 0 Å². The maximum atomic E-state index is 4.81. The number of hydrogen-bond acceptors (Lipinski definition) is 1. The van der Waals surface area contributed by atoms with Crippen molar-refractivity contribution in [3.63, 3.8) is 0 Å². The van der Waals surface area contributed by atoms with Gasteiger partial charge in [0.05, 0.1) is 22.1 Å². The molecule has 3 aromatic carbocycles. The Labute approximate surface area is 156 Å². The predicted molar refractivity (Wildman–Crippen MR) is 115 cm³/mol. The fourth-order valence-electron chi connectivity index (χ4n) is 4.59. The average molecular weight is 346 g/mol. The summed E-state index contributed by atoms with van der Waals surface area (Å²) >= 11 is 0. The van der Waals surface area contributed by atoms with Gasteiger partial charge in [-0.05, 0) is 53.1 Å². The van der Waals surface area contributed by atoms with Gasteiger partial charge < -0.3 is 4.40 Å². The van der Waals surface area contributed by atoms with E-state index in [-0.39, 0.29) is 0 Å². The van der Waals surface area contributed by atoms with E-state index in [1.165, 1.54) is 49.0 Å². The summed E-state index contributed by atoms with van der Waals surface area (Å²) in [5.41, 5.74) is 6.10. The topological polar surface area (TPSA) is 17.3 Å². The molecule has 0 radical (unpaired) electrons. The van der Waals surface area contributed by atoms with Crippen LogP contribution in [-0.4, -0.2) is 9.38 Å². The molecular formula is C25H18N2. The van der Waals surface area contributed by atoms with Crippen molar-refractivity contribution in [3.05, 3.63) is 84.6 Å². The summed E-state index contributed by atoms with van der Waals surface area (Å²) in [5, 5.41) is 6.46. The summed E-state index contributed by atoms with van der Waals surface area (Å²) in [4.78, 5) is 4.81. The van der Waals surface area contributed by atoms with Crippen LogP contribution in [0.3, 0.4) is 0 Å². The van der Waals surface area contributed by atoms with Crippen LogP contribution in [0.1, 0.15) is 12.5 Å². The van der Waals surface area contributed by atoms with Crippen molar-refractivity contribution in [1.29, 1.82) is 0 Å². The van der Waals surface area contributed by atoms with Crippen molar-refractivity contribution in [2.75, 3.05) is 0 Å². The maximum absolute atomic E-state index is 4.81. The van der Waals surface area contributed by atoms with Crippen LogP contribution in [0.2, 0.25) is 0 Å². The zero-order chi connectivity index (χ0) is 18.0. The standard InChI is InChI=1S/C25H18N2/c1-2-16-14-20-24(19-10-5-4-9-18(16)19)23-15-17-8-3-6-11-21(17)27(23)22-12-7-13-26-25(20)22/h3-15H,2H2,1H3. The van der Waals surface area contributed by atoms with Gasteiger partial charge in [0.1, 0.15) is 0 Å². The minimum Gasteiger partial charge on any atom is -0.307 e. The third kappa shape index (κ3) is 1.87. The maximum Gasteiger partial charge on any atom is 0.0949 e. The van der Waals surface area contributed by atoms with Gasteiger partial charge >= 0.3 is 0 Å². The normalized spacial score (nSPS) is 12.0. The first-order valence-corrected chi connectivity index (χ1v) is 9.48. The lowest BCUT2D eigenvalue weighted by molar-refractivity contribution is 1.16. The first-order valence-electron chi connectivity index (χ1n) is 9.48. The Hall–Kier alpha value is -3.39. The average Bonchev–Trinajstić information content (AvgIpc) is 3.12. The lowest BCUT2D eigenvalue weighted by Gasteiger charge is -2.14. The molecule has 2 heteroatoms. The van der Waals surface area contributed by atoms with E-state index in [2.05, 4.69) is 78.1 Å². The number of aromatic nitrogens is 2. The van der Waals surface area contributed by atoms with Crippen LogP contribution in [-0.2, 0) is 6.42 Å². The fourth-order valence-corrected chi connectivity index (χ4v) is 4.59. The Balaban J connectivity index is 2.05. The quantitative estimate of drug-likeness (QED) is 0.310. The molecule has 27 heavy (non-hydrogen) atoms. The Morgan fingerprint density at radius 1 is 0.741 bits per heavy atom. The monoisotopic (exact) mass is 346 g/mol. The van der Waals surface area contributed by atoms with Crippen molar-refractivity contribution in [2.45, 2.75) is 13.3 Å². The summed E-state index contributed by atoms with van der Waals surface area (Å²) in [5.74, 6) is 0. The second kappa shape index (κ2) is 5.31. The largest absolute Gasteiger partial charge is 0.307 e. The summed E-state index contributed by atoms with van der Waals surface area (Å²) in [6.07, 6.45) is 2.92. The van der Waals surface area contributed by atoms with Crippen LogP contribution < -0.4 is 0 Å². The van der Waals surface area contributed by atoms with E-state index in [9.17, 15) is 0 Å². The summed E-state index contributed by atoms with van der Waals surface area (Å²) in [7, 11) is 0. The Morgan fingerprint density at radius 2 is 1.52 bits per heavy atom. The van der Waals surface area contributed by atoms with Crippen LogP contribution in [0.5, 0.6) is 0 Å². The van der Waals surface area contributed by atoms with Crippen molar-refractivity contribution in [1.82, 2.24) is 9.38 Å². The van der Waals surface area contributed by atoms with E-state index < -0.39 is 0 Å². The van der Waals surface area contributed by atoms with Gasteiger partial charge in [0.2, 0.25) is 0 Å². The Bertz CT molecular complexity index is 1510. The predicted octanol–water partition coefficient (Wildman–Crippen LogP) is 6.51. The number of para-hydroxylation sites is 1. The first-order chi connectivity index (χ1) is 13.4. The molecule has 0 spiro atoms. The van der Waals surface area contributed by atoms with Crippen LogP contribution in [0.4, 0.5) is 0 Å². The van der Waals surface area contributed by atoms with Gasteiger partial charge in [-0.15, -0.1) is 0 Å². The molecule has 0 unspecified atom stereocenters. The smallest absolute Gasteiger partial charge is 0.0949 e. The van der Waals surface area contributed by atoms with Gasteiger partial charge in [-0.1, -0.05) is 49.4 Å². The third-order valence-electron chi connectivity index (χ3n) is 5.76. The van der Waals surface area contributed by atoms with Crippen molar-refractivity contribution < 1.29 is 0 Å². The van der Waals surface area contributed by atoms with E-state index in [4.69, 9.17) is 4.98 Å². The zero-order valence-electron chi connectivity index (χ0n) is 15.1. The zero-order valence-corrected chi connectivity index (χ0v) is 15.1. The molecule has 0 aliphatic heterocycles. The molecule has 3 aromatic heterocycles. The van der Waals surface area contributed by atoms with E-state index >= 15 is 0 Å². The fraction of sp³-hybridized carbons (Fsp3) is 0.0800. The number of pyridine rings is 2. The second-order valence-electron chi connectivity index (χ2n) is 7.15. The number of nitrogens with zero attached hydrogens (tertiary/aromatic N) is 2. The van der Waals surface area contributed by atoms with Gasteiger partial charge in [0.25, 0.3) is 0 Å². The van der Waals surface area contributed by atoms with E-state index in [0.717, 1.165) is 11.9 Å². The second-order valence-corrected chi connectivity index (χ2v) is 7.15. The van der Waals surface area contributed by atoms with E-state index in [1.807, 2.05) is 12.3 Å². The van der Waals surface area contributed by atoms with Gasteiger partial charge in [-0.3, -0.25) is 4.98 Å². The first kappa shape index (κ1) is 14.7.